The molecule has 0 aliphatic rings. The van der Waals surface area contributed by atoms with E-state index in [2.05, 4.69) is 4.98 Å². The van der Waals surface area contributed by atoms with Crippen LogP contribution in [0.15, 0.2) is 78.9 Å². The summed E-state index contributed by atoms with van der Waals surface area (Å²) in [4.78, 5) is 17.2. The van der Waals surface area contributed by atoms with E-state index in [4.69, 9.17) is 16.9 Å². The Labute approximate surface area is 190 Å². The molecule has 0 unspecified atom stereocenters. The SMILES string of the molecule is N#Cc1cc(Cl)cc(C(=O)/C=C/c2cccc(/C=C/c3ccc4ccccc4n3)c2)c1O. The Morgan fingerprint density at radius 3 is 2.53 bits per heavy atom. The molecule has 0 bridgehead atoms. The molecule has 5 heteroatoms. The van der Waals surface area contributed by atoms with Gasteiger partial charge in [-0.3, -0.25) is 4.79 Å². The van der Waals surface area contributed by atoms with E-state index in [1.165, 1.54) is 18.2 Å². The summed E-state index contributed by atoms with van der Waals surface area (Å²) in [5.41, 5.74) is 3.51. The van der Waals surface area contributed by atoms with Crippen LogP contribution in [0.4, 0.5) is 0 Å². The zero-order chi connectivity index (χ0) is 22.5. The first kappa shape index (κ1) is 21.0. The molecule has 4 aromatic rings. The quantitative estimate of drug-likeness (QED) is 0.285. The van der Waals surface area contributed by atoms with Gasteiger partial charge >= 0.3 is 0 Å². The topological polar surface area (TPSA) is 74.0 Å². The molecule has 1 heterocycles. The van der Waals surface area contributed by atoms with Gasteiger partial charge in [0.15, 0.2) is 5.78 Å². The van der Waals surface area contributed by atoms with E-state index in [1.54, 1.807) is 6.08 Å². The lowest BCUT2D eigenvalue weighted by molar-refractivity contribution is 0.104. The van der Waals surface area contributed by atoms with Crippen LogP contribution in [0, 0.1) is 11.3 Å². The van der Waals surface area contributed by atoms with Crippen molar-refractivity contribution in [2.75, 3.05) is 0 Å². The number of allylic oxidation sites excluding steroid dienone is 1. The van der Waals surface area contributed by atoms with Crippen LogP contribution in [-0.2, 0) is 0 Å². The van der Waals surface area contributed by atoms with Crippen LogP contribution in [0.3, 0.4) is 0 Å². The number of rotatable bonds is 5. The lowest BCUT2D eigenvalue weighted by atomic mass is 10.0. The van der Waals surface area contributed by atoms with Gasteiger partial charge in [0.1, 0.15) is 11.8 Å². The van der Waals surface area contributed by atoms with E-state index in [0.29, 0.717) is 0 Å². The maximum Gasteiger partial charge on any atom is 0.189 e. The van der Waals surface area contributed by atoms with Crippen molar-refractivity contribution in [1.82, 2.24) is 4.98 Å². The van der Waals surface area contributed by atoms with Crippen LogP contribution in [-0.4, -0.2) is 15.9 Å². The number of phenolic OH excluding ortho intramolecular Hbond substituents is 1. The van der Waals surface area contributed by atoms with E-state index in [1.807, 2.05) is 78.9 Å². The summed E-state index contributed by atoms with van der Waals surface area (Å²) in [6.45, 7) is 0. The smallest absolute Gasteiger partial charge is 0.189 e. The zero-order valence-electron chi connectivity index (χ0n) is 16.9. The minimum atomic E-state index is -0.442. The molecule has 0 aliphatic carbocycles. The predicted octanol–water partition coefficient (Wildman–Crippen LogP) is 6.53. The second kappa shape index (κ2) is 9.30. The number of halogens is 1. The molecule has 0 aliphatic heterocycles. The number of hydrogen-bond acceptors (Lipinski definition) is 4. The molecule has 154 valence electrons. The highest BCUT2D eigenvalue weighted by atomic mass is 35.5. The Kier molecular flexibility index (Phi) is 6.12. The lowest BCUT2D eigenvalue weighted by Gasteiger charge is -2.04. The first-order valence-electron chi connectivity index (χ1n) is 9.82. The van der Waals surface area contributed by atoms with Crippen LogP contribution in [0.2, 0.25) is 5.02 Å². The number of fused-ring (bicyclic) bond motifs is 1. The van der Waals surface area contributed by atoms with Crippen LogP contribution in [0.25, 0.3) is 29.1 Å². The molecule has 3 aromatic carbocycles. The minimum absolute atomic E-state index is 0.0104. The Morgan fingerprint density at radius 1 is 0.938 bits per heavy atom. The molecular weight excluding hydrogens is 420 g/mol. The third kappa shape index (κ3) is 4.75. The number of carbonyl (C=O) groups is 1. The fourth-order valence-electron chi connectivity index (χ4n) is 3.26. The van der Waals surface area contributed by atoms with E-state index >= 15 is 0 Å². The maximum atomic E-state index is 12.5. The number of nitrogens with zero attached hydrogens (tertiary/aromatic N) is 2. The van der Waals surface area contributed by atoms with Crippen molar-refractivity contribution < 1.29 is 9.90 Å². The molecule has 1 aromatic heterocycles. The highest BCUT2D eigenvalue weighted by Crippen LogP contribution is 2.27. The van der Waals surface area contributed by atoms with Gasteiger partial charge in [0.2, 0.25) is 0 Å². The Balaban J connectivity index is 1.53. The van der Waals surface area contributed by atoms with Gasteiger partial charge in [-0.2, -0.15) is 5.26 Å². The van der Waals surface area contributed by atoms with Crippen molar-refractivity contribution in [2.24, 2.45) is 0 Å². The summed E-state index contributed by atoms with van der Waals surface area (Å²) < 4.78 is 0. The Bertz CT molecular complexity index is 1430. The fourth-order valence-corrected chi connectivity index (χ4v) is 3.47. The van der Waals surface area contributed by atoms with Crippen molar-refractivity contribution in [1.29, 1.82) is 5.26 Å². The number of phenols is 1. The number of nitriles is 1. The van der Waals surface area contributed by atoms with Crippen molar-refractivity contribution in [2.45, 2.75) is 0 Å². The number of carbonyl (C=O) groups excluding carboxylic acids is 1. The molecule has 0 saturated heterocycles. The van der Waals surface area contributed by atoms with Crippen molar-refractivity contribution in [3.8, 4) is 11.8 Å². The first-order chi connectivity index (χ1) is 15.5. The number of ketones is 1. The molecule has 0 atom stereocenters. The molecule has 0 spiro atoms. The standard InChI is InChI=1S/C27H17ClN2O2/c28-22-15-21(17-29)27(32)24(16-22)26(31)13-9-19-5-3-4-18(14-19)8-11-23-12-10-20-6-1-2-7-25(20)30-23/h1-16,32H/b11-8+,13-9+. The van der Waals surface area contributed by atoms with E-state index in [9.17, 15) is 9.90 Å². The molecule has 32 heavy (non-hydrogen) atoms. The summed E-state index contributed by atoms with van der Waals surface area (Å²) in [6.07, 6.45) is 6.90. The molecule has 4 rings (SSSR count). The second-order valence-electron chi connectivity index (χ2n) is 7.09. The lowest BCUT2D eigenvalue weighted by Crippen LogP contribution is -1.97. The molecule has 0 radical (unpaired) electrons. The van der Waals surface area contributed by atoms with Gasteiger partial charge in [0.25, 0.3) is 0 Å². The number of benzene rings is 3. The van der Waals surface area contributed by atoms with Gasteiger partial charge in [0.05, 0.1) is 22.3 Å². The van der Waals surface area contributed by atoms with Crippen LogP contribution >= 0.6 is 11.6 Å². The van der Waals surface area contributed by atoms with E-state index < -0.39 is 5.78 Å². The largest absolute Gasteiger partial charge is 0.506 e. The molecular formula is C27H17ClN2O2. The summed E-state index contributed by atoms with van der Waals surface area (Å²) in [5.74, 6) is -0.811. The second-order valence-corrected chi connectivity index (χ2v) is 7.53. The summed E-state index contributed by atoms with van der Waals surface area (Å²) in [6, 6.07) is 24.1. The molecule has 0 amide bonds. The summed E-state index contributed by atoms with van der Waals surface area (Å²) in [5, 5.41) is 20.5. The van der Waals surface area contributed by atoms with Crippen molar-refractivity contribution >= 4 is 46.5 Å². The minimum Gasteiger partial charge on any atom is -0.506 e. The summed E-state index contributed by atoms with van der Waals surface area (Å²) in [7, 11) is 0. The average molecular weight is 437 g/mol. The van der Waals surface area contributed by atoms with Gasteiger partial charge in [-0.15, -0.1) is 0 Å². The van der Waals surface area contributed by atoms with Gasteiger partial charge in [0, 0.05) is 10.4 Å². The number of hydrogen-bond donors (Lipinski definition) is 1. The average Bonchev–Trinajstić information content (AvgIpc) is 2.82. The zero-order valence-corrected chi connectivity index (χ0v) is 17.6. The number of aromatic nitrogens is 1. The van der Waals surface area contributed by atoms with Crippen LogP contribution in [0.1, 0.15) is 32.7 Å². The van der Waals surface area contributed by atoms with Gasteiger partial charge in [-0.1, -0.05) is 66.2 Å². The fraction of sp³-hybridized carbons (Fsp3) is 0. The third-order valence-electron chi connectivity index (χ3n) is 4.86. The maximum absolute atomic E-state index is 12.5. The summed E-state index contributed by atoms with van der Waals surface area (Å²) >= 11 is 5.95. The third-order valence-corrected chi connectivity index (χ3v) is 5.08. The number of pyridine rings is 1. The monoisotopic (exact) mass is 436 g/mol. The van der Waals surface area contributed by atoms with Crippen molar-refractivity contribution in [3.63, 3.8) is 0 Å². The highest BCUT2D eigenvalue weighted by Gasteiger charge is 2.14. The van der Waals surface area contributed by atoms with Crippen molar-refractivity contribution in [3.05, 3.63) is 112 Å². The number of aromatic hydroxyl groups is 1. The first-order valence-corrected chi connectivity index (χ1v) is 10.2. The molecule has 1 N–H and O–H groups in total. The Morgan fingerprint density at radius 2 is 1.72 bits per heavy atom. The molecule has 0 saturated carbocycles. The van der Waals surface area contributed by atoms with Gasteiger partial charge < -0.3 is 5.11 Å². The molecule has 0 fully saturated rings. The normalized spacial score (nSPS) is 11.2. The van der Waals surface area contributed by atoms with Crippen LogP contribution < -0.4 is 0 Å². The van der Waals surface area contributed by atoms with Gasteiger partial charge in [-0.05, 0) is 53.6 Å². The van der Waals surface area contributed by atoms with E-state index in [-0.39, 0.29) is 21.9 Å². The Hall–Kier alpha value is -4.20. The van der Waals surface area contributed by atoms with Gasteiger partial charge in [-0.25, -0.2) is 4.98 Å². The highest BCUT2D eigenvalue weighted by molar-refractivity contribution is 6.31. The van der Waals surface area contributed by atoms with Crippen LogP contribution in [0.5, 0.6) is 5.75 Å². The van der Waals surface area contributed by atoms with E-state index in [0.717, 1.165) is 27.7 Å². The predicted molar refractivity (Wildman–Crippen MR) is 128 cm³/mol. The number of para-hydroxylation sites is 1. The molecule has 4 nitrogen and oxygen atoms in total.